The van der Waals surface area contributed by atoms with Crippen LogP contribution in [-0.2, 0) is 9.59 Å². The van der Waals surface area contributed by atoms with E-state index >= 15 is 0 Å². The maximum atomic E-state index is 11.1. The fourth-order valence-corrected chi connectivity index (χ4v) is 1.79. The van der Waals surface area contributed by atoms with Gasteiger partial charge in [0.25, 0.3) is 0 Å². The lowest BCUT2D eigenvalue weighted by Gasteiger charge is -2.31. The molecular weight excluding hydrogens is 140 g/mol. The third kappa shape index (κ3) is 1.67. The van der Waals surface area contributed by atoms with Gasteiger partial charge in [-0.25, -0.2) is 0 Å². The second-order valence-electron chi connectivity index (χ2n) is 4.23. The molecule has 1 aliphatic carbocycles. The molecule has 0 aromatic carbocycles. The van der Waals surface area contributed by atoms with Gasteiger partial charge in [0.15, 0.2) is 5.78 Å². The molecule has 1 atom stereocenters. The summed E-state index contributed by atoms with van der Waals surface area (Å²) in [5, 5.41) is 0. The molecule has 0 unspecified atom stereocenters. The van der Waals surface area contributed by atoms with Gasteiger partial charge in [0.2, 0.25) is 5.78 Å². The van der Waals surface area contributed by atoms with Crippen LogP contribution in [0.3, 0.4) is 0 Å². The molecule has 0 saturated heterocycles. The number of carbonyl (C=O) groups excluding carboxylic acids is 2. The van der Waals surface area contributed by atoms with Crippen LogP contribution in [0.2, 0.25) is 0 Å². The SMILES string of the molecule is C[C@@H]1CC(C)(C)CC(=O)C1=O. The Labute approximate surface area is 67.0 Å². The van der Waals surface area contributed by atoms with Gasteiger partial charge in [0.1, 0.15) is 0 Å². The first kappa shape index (κ1) is 8.44. The first-order chi connectivity index (χ1) is 4.92. The maximum absolute atomic E-state index is 11.1. The summed E-state index contributed by atoms with van der Waals surface area (Å²) in [5.74, 6) is -0.427. The van der Waals surface area contributed by atoms with Crippen molar-refractivity contribution >= 4 is 11.6 Å². The fraction of sp³-hybridized carbons (Fsp3) is 0.778. The fourth-order valence-electron chi connectivity index (χ4n) is 1.79. The highest BCUT2D eigenvalue weighted by Gasteiger charge is 2.36. The Balaban J connectivity index is 2.78. The van der Waals surface area contributed by atoms with Crippen molar-refractivity contribution in [2.24, 2.45) is 11.3 Å². The summed E-state index contributed by atoms with van der Waals surface area (Å²) >= 11 is 0. The van der Waals surface area contributed by atoms with Gasteiger partial charge in [-0.05, 0) is 11.8 Å². The van der Waals surface area contributed by atoms with Crippen LogP contribution >= 0.6 is 0 Å². The molecular formula is C9H14O2. The highest BCUT2D eigenvalue weighted by molar-refractivity contribution is 6.38. The number of rotatable bonds is 0. The molecule has 1 aliphatic rings. The van der Waals surface area contributed by atoms with Crippen molar-refractivity contribution in [3.05, 3.63) is 0 Å². The lowest BCUT2D eigenvalue weighted by molar-refractivity contribution is -0.143. The largest absolute Gasteiger partial charge is 0.291 e. The monoisotopic (exact) mass is 154 g/mol. The van der Waals surface area contributed by atoms with Crippen molar-refractivity contribution in [1.29, 1.82) is 0 Å². The molecule has 62 valence electrons. The summed E-state index contributed by atoms with van der Waals surface area (Å²) in [6.07, 6.45) is 1.27. The molecule has 0 amide bonds. The molecule has 1 fully saturated rings. The molecule has 0 heterocycles. The van der Waals surface area contributed by atoms with E-state index in [2.05, 4.69) is 0 Å². The Morgan fingerprint density at radius 2 is 1.91 bits per heavy atom. The minimum atomic E-state index is -0.186. The summed E-state index contributed by atoms with van der Waals surface area (Å²) in [5.41, 5.74) is 0.0322. The molecule has 0 bridgehead atoms. The van der Waals surface area contributed by atoms with Gasteiger partial charge in [-0.1, -0.05) is 20.8 Å². The van der Waals surface area contributed by atoms with E-state index in [1.54, 1.807) is 0 Å². The number of carbonyl (C=O) groups is 2. The molecule has 0 aromatic rings. The molecule has 0 radical (unpaired) electrons. The smallest absolute Gasteiger partial charge is 0.201 e. The Morgan fingerprint density at radius 1 is 1.36 bits per heavy atom. The molecule has 0 spiro atoms. The normalized spacial score (nSPS) is 30.6. The second kappa shape index (κ2) is 2.43. The van der Waals surface area contributed by atoms with Crippen LogP contribution in [0.15, 0.2) is 0 Å². The zero-order valence-corrected chi connectivity index (χ0v) is 7.31. The van der Waals surface area contributed by atoms with E-state index in [4.69, 9.17) is 0 Å². The van der Waals surface area contributed by atoms with Crippen molar-refractivity contribution in [2.75, 3.05) is 0 Å². The Hall–Kier alpha value is -0.660. The second-order valence-corrected chi connectivity index (χ2v) is 4.23. The summed E-state index contributed by atoms with van der Waals surface area (Å²) in [6, 6.07) is 0. The van der Waals surface area contributed by atoms with Gasteiger partial charge < -0.3 is 0 Å². The van der Waals surface area contributed by atoms with E-state index in [9.17, 15) is 9.59 Å². The molecule has 1 rings (SSSR count). The minimum Gasteiger partial charge on any atom is -0.291 e. The van der Waals surface area contributed by atoms with E-state index < -0.39 is 0 Å². The molecule has 1 saturated carbocycles. The molecule has 0 N–H and O–H groups in total. The van der Waals surface area contributed by atoms with Crippen molar-refractivity contribution in [2.45, 2.75) is 33.6 Å². The van der Waals surface area contributed by atoms with Crippen LogP contribution < -0.4 is 0 Å². The highest BCUT2D eigenvalue weighted by atomic mass is 16.2. The van der Waals surface area contributed by atoms with Crippen molar-refractivity contribution in [1.82, 2.24) is 0 Å². The Kier molecular flexibility index (Phi) is 1.87. The van der Waals surface area contributed by atoms with Crippen molar-refractivity contribution in [3.8, 4) is 0 Å². The average molecular weight is 154 g/mol. The topological polar surface area (TPSA) is 34.1 Å². The van der Waals surface area contributed by atoms with Crippen LogP contribution in [0, 0.1) is 11.3 Å². The van der Waals surface area contributed by atoms with Gasteiger partial charge >= 0.3 is 0 Å². The summed E-state index contributed by atoms with van der Waals surface area (Å²) in [7, 11) is 0. The van der Waals surface area contributed by atoms with E-state index in [1.807, 2.05) is 20.8 Å². The van der Waals surface area contributed by atoms with E-state index in [1.165, 1.54) is 0 Å². The lowest BCUT2D eigenvalue weighted by atomic mass is 9.72. The molecule has 2 nitrogen and oxygen atoms in total. The van der Waals surface area contributed by atoms with Crippen LogP contribution in [0.4, 0.5) is 0 Å². The van der Waals surface area contributed by atoms with E-state index in [-0.39, 0.29) is 22.9 Å². The standard InChI is InChI=1S/C9H14O2/c1-6-4-9(2,3)5-7(10)8(6)11/h6H,4-5H2,1-3H3/t6-/m1/s1. The van der Waals surface area contributed by atoms with E-state index in [0.717, 1.165) is 6.42 Å². The first-order valence-electron chi connectivity index (χ1n) is 3.99. The van der Waals surface area contributed by atoms with Crippen LogP contribution in [0.5, 0.6) is 0 Å². The van der Waals surface area contributed by atoms with Crippen LogP contribution in [-0.4, -0.2) is 11.6 Å². The van der Waals surface area contributed by atoms with Gasteiger partial charge in [0, 0.05) is 12.3 Å². The molecule has 11 heavy (non-hydrogen) atoms. The number of ketones is 2. The summed E-state index contributed by atoms with van der Waals surface area (Å²) in [6.45, 7) is 5.91. The Morgan fingerprint density at radius 3 is 2.36 bits per heavy atom. The van der Waals surface area contributed by atoms with Crippen molar-refractivity contribution < 1.29 is 9.59 Å². The molecule has 0 aromatic heterocycles. The third-order valence-corrected chi connectivity index (χ3v) is 2.22. The number of hydrogen-bond donors (Lipinski definition) is 0. The lowest BCUT2D eigenvalue weighted by Crippen LogP contribution is -2.36. The number of hydrogen-bond acceptors (Lipinski definition) is 2. The quantitative estimate of drug-likeness (QED) is 0.496. The third-order valence-electron chi connectivity index (χ3n) is 2.22. The summed E-state index contributed by atoms with van der Waals surface area (Å²) in [4.78, 5) is 22.1. The Bertz CT molecular complexity index is 204. The predicted molar refractivity (Wildman–Crippen MR) is 42.2 cm³/mol. The van der Waals surface area contributed by atoms with Crippen molar-refractivity contribution in [3.63, 3.8) is 0 Å². The van der Waals surface area contributed by atoms with Crippen LogP contribution in [0.1, 0.15) is 33.6 Å². The highest BCUT2D eigenvalue weighted by Crippen LogP contribution is 2.34. The first-order valence-corrected chi connectivity index (χ1v) is 3.99. The summed E-state index contributed by atoms with van der Waals surface area (Å²) < 4.78 is 0. The zero-order valence-electron chi connectivity index (χ0n) is 7.31. The maximum Gasteiger partial charge on any atom is 0.201 e. The van der Waals surface area contributed by atoms with Crippen LogP contribution in [0.25, 0.3) is 0 Å². The predicted octanol–water partition coefficient (Wildman–Crippen LogP) is 1.58. The molecule has 0 aliphatic heterocycles. The van der Waals surface area contributed by atoms with Gasteiger partial charge in [0.05, 0.1) is 0 Å². The molecule has 2 heteroatoms. The average Bonchev–Trinajstić information content (AvgIpc) is 1.81. The van der Waals surface area contributed by atoms with E-state index in [0.29, 0.717) is 6.42 Å². The minimum absolute atomic E-state index is 0.0322. The van der Waals surface area contributed by atoms with Gasteiger partial charge in [-0.2, -0.15) is 0 Å². The zero-order chi connectivity index (χ0) is 8.65. The van der Waals surface area contributed by atoms with Gasteiger partial charge in [-0.15, -0.1) is 0 Å². The number of Topliss-reactive ketones (excluding diaryl/α,β-unsaturated/α-hetero) is 2. The van der Waals surface area contributed by atoms with Gasteiger partial charge in [-0.3, -0.25) is 9.59 Å².